The monoisotopic (exact) mass is 473 g/mol. The van der Waals surface area contributed by atoms with Crippen LogP contribution in [0.15, 0.2) is 120 Å². The molecule has 1 aliphatic heterocycles. The zero-order valence-corrected chi connectivity index (χ0v) is 18.9. The number of nitrogens with zero attached hydrogens (tertiary/aromatic N) is 3. The van der Waals surface area contributed by atoms with Crippen LogP contribution < -0.4 is 4.90 Å². The van der Waals surface area contributed by atoms with E-state index in [1.807, 2.05) is 48.5 Å². The van der Waals surface area contributed by atoms with Crippen molar-refractivity contribution >= 4 is 35.0 Å². The lowest BCUT2D eigenvalue weighted by Crippen LogP contribution is -2.32. The lowest BCUT2D eigenvalue weighted by Gasteiger charge is -2.19. The number of carbonyl (C=O) groups is 2. The molecule has 0 saturated carbocycles. The van der Waals surface area contributed by atoms with Crippen LogP contribution >= 0.6 is 0 Å². The highest BCUT2D eigenvalue weighted by Gasteiger charge is 2.32. The van der Waals surface area contributed by atoms with Gasteiger partial charge in [0.15, 0.2) is 5.78 Å². The van der Waals surface area contributed by atoms with Gasteiger partial charge >= 0.3 is 0 Å². The Morgan fingerprint density at radius 1 is 0.778 bits per heavy atom. The molecule has 0 fully saturated rings. The summed E-state index contributed by atoms with van der Waals surface area (Å²) in [5.41, 5.74) is 3.20. The first-order valence-electron chi connectivity index (χ1n) is 11.2. The molecule has 36 heavy (non-hydrogen) atoms. The molecule has 0 radical (unpaired) electrons. The van der Waals surface area contributed by atoms with Gasteiger partial charge in [-0.3, -0.25) is 24.6 Å². The summed E-state index contributed by atoms with van der Waals surface area (Å²) >= 11 is 0. The maximum absolute atomic E-state index is 13.5. The molecule has 4 aromatic carbocycles. The summed E-state index contributed by atoms with van der Waals surface area (Å²) in [7, 11) is 0. The molecule has 174 valence electrons. The van der Waals surface area contributed by atoms with Crippen LogP contribution in [0.5, 0.6) is 0 Å². The number of anilines is 1. The van der Waals surface area contributed by atoms with Gasteiger partial charge in [-0.1, -0.05) is 60.7 Å². The van der Waals surface area contributed by atoms with Crippen LogP contribution in [-0.4, -0.2) is 22.4 Å². The van der Waals surface area contributed by atoms with Gasteiger partial charge in [-0.2, -0.15) is 0 Å². The van der Waals surface area contributed by atoms with Crippen LogP contribution in [-0.2, 0) is 4.79 Å². The largest absolute Gasteiger partial charge is 0.289 e. The fourth-order valence-electron chi connectivity index (χ4n) is 3.91. The lowest BCUT2D eigenvalue weighted by atomic mass is 10.0. The fraction of sp³-hybridized carbons (Fsp3) is 0. The molecule has 1 aliphatic rings. The molecule has 0 saturated heterocycles. The molecule has 0 bridgehead atoms. The van der Waals surface area contributed by atoms with Gasteiger partial charge in [-0.25, -0.2) is 4.99 Å². The molecule has 0 aromatic heterocycles. The van der Waals surface area contributed by atoms with Crippen molar-refractivity contribution in [1.29, 1.82) is 0 Å². The predicted molar refractivity (Wildman–Crippen MR) is 138 cm³/mol. The molecular formula is C29H19N3O4. The molecule has 0 atom stereocenters. The number of hydrogen-bond acceptors (Lipinski definition) is 5. The van der Waals surface area contributed by atoms with Crippen LogP contribution in [0.1, 0.15) is 27.0 Å². The Hall–Kier alpha value is -5.17. The zero-order chi connectivity index (χ0) is 25.1. The Morgan fingerprint density at radius 2 is 1.36 bits per heavy atom. The number of aliphatic imine (C=N–C) groups is 1. The van der Waals surface area contributed by atoms with Crippen molar-refractivity contribution in [2.24, 2.45) is 4.99 Å². The number of hydrogen-bond donors (Lipinski definition) is 0. The Kier molecular flexibility index (Phi) is 6.03. The van der Waals surface area contributed by atoms with Gasteiger partial charge in [-0.15, -0.1) is 0 Å². The minimum absolute atomic E-state index is 0.0323. The summed E-state index contributed by atoms with van der Waals surface area (Å²) in [5, 5.41) is 10.9. The minimum Gasteiger partial charge on any atom is -0.289 e. The molecule has 7 nitrogen and oxygen atoms in total. The van der Waals surface area contributed by atoms with Crippen LogP contribution in [0.4, 0.5) is 11.4 Å². The standard InChI is InChI=1S/C29H19N3O4/c33-27(21-7-3-1-4-8-21)22-13-17-24(18-14-22)31-28(23-9-5-2-6-10-23)30-26(29(31)34)19-20-11-15-25(16-12-20)32(35)36/h1-19H/b26-19+. The van der Waals surface area contributed by atoms with Gasteiger partial charge in [0.2, 0.25) is 0 Å². The highest BCUT2D eigenvalue weighted by molar-refractivity contribution is 6.33. The number of nitro benzene ring substituents is 1. The summed E-state index contributed by atoms with van der Waals surface area (Å²) < 4.78 is 0. The average Bonchev–Trinajstić information content (AvgIpc) is 3.25. The number of amidine groups is 1. The maximum atomic E-state index is 13.5. The summed E-state index contributed by atoms with van der Waals surface area (Å²) in [5.74, 6) is 0.0100. The van der Waals surface area contributed by atoms with Gasteiger partial charge in [0, 0.05) is 28.8 Å². The maximum Gasteiger partial charge on any atom is 0.282 e. The molecule has 0 N–H and O–H groups in total. The first-order chi connectivity index (χ1) is 17.5. The number of rotatable bonds is 6. The van der Waals surface area contributed by atoms with E-state index in [1.165, 1.54) is 17.0 Å². The summed E-state index contributed by atoms with van der Waals surface area (Å²) in [6.45, 7) is 0. The number of benzene rings is 4. The SMILES string of the molecule is O=C(c1ccccc1)c1ccc(N2C(=O)/C(=C\c3ccc([N+](=O)[O-])cc3)N=C2c2ccccc2)cc1. The predicted octanol–water partition coefficient (Wildman–Crippen LogP) is 5.66. The van der Waals surface area contributed by atoms with E-state index in [-0.39, 0.29) is 23.1 Å². The van der Waals surface area contributed by atoms with Crippen molar-refractivity contribution < 1.29 is 14.5 Å². The number of non-ortho nitro benzene ring substituents is 1. The van der Waals surface area contributed by atoms with E-state index in [0.29, 0.717) is 28.2 Å². The molecule has 7 heteroatoms. The zero-order valence-electron chi connectivity index (χ0n) is 18.9. The van der Waals surface area contributed by atoms with E-state index in [9.17, 15) is 19.7 Å². The molecule has 5 rings (SSSR count). The normalized spacial score (nSPS) is 14.1. The highest BCUT2D eigenvalue weighted by Crippen LogP contribution is 2.29. The molecular weight excluding hydrogens is 454 g/mol. The Bertz CT molecular complexity index is 1510. The van der Waals surface area contributed by atoms with Crippen molar-refractivity contribution in [1.82, 2.24) is 0 Å². The lowest BCUT2D eigenvalue weighted by molar-refractivity contribution is -0.384. The van der Waals surface area contributed by atoms with Crippen molar-refractivity contribution in [3.63, 3.8) is 0 Å². The summed E-state index contributed by atoms with van der Waals surface area (Å²) in [6.07, 6.45) is 1.60. The Labute approximate surface area is 206 Å². The number of amides is 1. The van der Waals surface area contributed by atoms with Crippen molar-refractivity contribution in [2.75, 3.05) is 4.90 Å². The quantitative estimate of drug-likeness (QED) is 0.156. The molecule has 1 heterocycles. The number of ketones is 1. The van der Waals surface area contributed by atoms with Gasteiger partial charge in [0.1, 0.15) is 11.5 Å². The van der Waals surface area contributed by atoms with E-state index < -0.39 is 4.92 Å². The average molecular weight is 473 g/mol. The number of carbonyl (C=O) groups excluding carboxylic acids is 2. The van der Waals surface area contributed by atoms with Crippen molar-refractivity contribution in [2.45, 2.75) is 0 Å². The van der Waals surface area contributed by atoms with Crippen LogP contribution in [0.3, 0.4) is 0 Å². The van der Waals surface area contributed by atoms with Crippen molar-refractivity contribution in [3.8, 4) is 0 Å². The van der Waals surface area contributed by atoms with Crippen molar-refractivity contribution in [3.05, 3.63) is 147 Å². The fourth-order valence-corrected chi connectivity index (χ4v) is 3.91. The first-order valence-corrected chi connectivity index (χ1v) is 11.2. The summed E-state index contributed by atoms with van der Waals surface area (Å²) in [4.78, 5) is 42.9. The molecule has 0 aliphatic carbocycles. The minimum atomic E-state index is -0.475. The molecule has 0 unspecified atom stereocenters. The van der Waals surface area contributed by atoms with E-state index >= 15 is 0 Å². The first kappa shape index (κ1) is 22.6. The number of nitro groups is 1. The Balaban J connectivity index is 1.50. The molecule has 1 amide bonds. The molecule has 4 aromatic rings. The van der Waals surface area contributed by atoms with E-state index in [0.717, 1.165) is 5.56 Å². The van der Waals surface area contributed by atoms with Gasteiger partial charge in [-0.05, 0) is 48.0 Å². The second kappa shape index (κ2) is 9.60. The van der Waals surface area contributed by atoms with Crippen LogP contribution in [0.2, 0.25) is 0 Å². The van der Waals surface area contributed by atoms with E-state index in [1.54, 1.807) is 54.6 Å². The third-order valence-corrected chi connectivity index (χ3v) is 5.72. The second-order valence-corrected chi connectivity index (χ2v) is 8.06. The van der Waals surface area contributed by atoms with Crippen LogP contribution in [0, 0.1) is 10.1 Å². The van der Waals surface area contributed by atoms with E-state index in [4.69, 9.17) is 0 Å². The summed E-state index contributed by atoms with van der Waals surface area (Å²) in [6, 6.07) is 31.1. The third-order valence-electron chi connectivity index (χ3n) is 5.72. The van der Waals surface area contributed by atoms with Gasteiger partial charge < -0.3 is 0 Å². The Morgan fingerprint density at radius 3 is 1.97 bits per heavy atom. The van der Waals surface area contributed by atoms with E-state index in [2.05, 4.69) is 4.99 Å². The smallest absolute Gasteiger partial charge is 0.282 e. The third kappa shape index (κ3) is 4.45. The van der Waals surface area contributed by atoms with Gasteiger partial charge in [0.25, 0.3) is 11.6 Å². The molecule has 0 spiro atoms. The van der Waals surface area contributed by atoms with Gasteiger partial charge in [0.05, 0.1) is 10.6 Å². The van der Waals surface area contributed by atoms with Crippen LogP contribution in [0.25, 0.3) is 6.08 Å². The second-order valence-electron chi connectivity index (χ2n) is 8.06. The topological polar surface area (TPSA) is 92.9 Å². The highest BCUT2D eigenvalue weighted by atomic mass is 16.6.